The van der Waals surface area contributed by atoms with Crippen molar-refractivity contribution in [2.24, 2.45) is 0 Å². The van der Waals surface area contributed by atoms with E-state index >= 15 is 0 Å². The standard InChI is InChI=1S/C26H28N6O/c1-16-11-12-17(2)23-20(16)15-21(26(33)27-23)24(31-14-13-18-7-3-6-10-22(18)31)25-28-29-30-32(25)19-8-4-5-9-19/h3,6-7,10-12,15,19,24H,4-5,8-9,13-14H2,1-2H3,(H,27,33)/t24-/m0/s1. The van der Waals surface area contributed by atoms with Gasteiger partial charge < -0.3 is 9.88 Å². The Labute approximate surface area is 192 Å². The van der Waals surface area contributed by atoms with E-state index in [2.05, 4.69) is 74.8 Å². The molecule has 0 bridgehead atoms. The van der Waals surface area contributed by atoms with Crippen molar-refractivity contribution in [1.29, 1.82) is 0 Å². The zero-order chi connectivity index (χ0) is 22.5. The van der Waals surface area contributed by atoms with Crippen molar-refractivity contribution in [1.82, 2.24) is 25.2 Å². The number of aromatic nitrogens is 5. The fourth-order valence-electron chi connectivity index (χ4n) is 5.66. The summed E-state index contributed by atoms with van der Waals surface area (Å²) in [6.45, 7) is 4.95. The molecule has 2 aliphatic rings. The molecule has 6 rings (SSSR count). The number of pyridine rings is 1. The maximum Gasteiger partial charge on any atom is 0.254 e. The van der Waals surface area contributed by atoms with Gasteiger partial charge in [-0.2, -0.15) is 0 Å². The van der Waals surface area contributed by atoms with Crippen molar-refractivity contribution < 1.29 is 0 Å². The van der Waals surface area contributed by atoms with Gasteiger partial charge in [0.15, 0.2) is 5.82 Å². The van der Waals surface area contributed by atoms with Crippen LogP contribution in [0.25, 0.3) is 10.9 Å². The normalized spacial score (nSPS) is 17.1. The second-order valence-corrected chi connectivity index (χ2v) is 9.44. The zero-order valence-electron chi connectivity index (χ0n) is 19.1. The average Bonchev–Trinajstić information content (AvgIpc) is 3.58. The summed E-state index contributed by atoms with van der Waals surface area (Å²) >= 11 is 0. The molecule has 4 aromatic rings. The number of nitrogens with zero attached hydrogens (tertiary/aromatic N) is 5. The number of fused-ring (bicyclic) bond motifs is 2. The first kappa shape index (κ1) is 20.1. The first-order valence-electron chi connectivity index (χ1n) is 11.9. The number of tetrazole rings is 1. The van der Waals surface area contributed by atoms with Gasteiger partial charge in [-0.15, -0.1) is 5.10 Å². The highest BCUT2D eigenvalue weighted by atomic mass is 16.1. The minimum absolute atomic E-state index is 0.0773. The molecule has 3 heterocycles. The molecule has 1 fully saturated rings. The van der Waals surface area contributed by atoms with Gasteiger partial charge in [-0.25, -0.2) is 4.68 Å². The first-order chi connectivity index (χ1) is 16.1. The van der Waals surface area contributed by atoms with Gasteiger partial charge in [-0.05, 0) is 72.4 Å². The maximum atomic E-state index is 13.6. The molecule has 1 N–H and O–H groups in total. The van der Waals surface area contributed by atoms with Crippen molar-refractivity contribution in [3.8, 4) is 0 Å². The summed E-state index contributed by atoms with van der Waals surface area (Å²) in [6.07, 6.45) is 5.48. The van der Waals surface area contributed by atoms with Crippen LogP contribution in [-0.2, 0) is 6.42 Å². The molecule has 0 unspecified atom stereocenters. The first-order valence-corrected chi connectivity index (χ1v) is 11.9. The molecule has 1 atom stereocenters. The Balaban J connectivity index is 1.58. The zero-order valence-corrected chi connectivity index (χ0v) is 19.1. The lowest BCUT2D eigenvalue weighted by atomic mass is 9.99. The van der Waals surface area contributed by atoms with Crippen molar-refractivity contribution in [2.75, 3.05) is 11.4 Å². The Kier molecular flexibility index (Phi) is 4.78. The van der Waals surface area contributed by atoms with E-state index in [1.54, 1.807) is 0 Å². The smallest absolute Gasteiger partial charge is 0.254 e. The number of hydrogen-bond acceptors (Lipinski definition) is 5. The van der Waals surface area contributed by atoms with Gasteiger partial charge in [0.05, 0.1) is 11.6 Å². The molecule has 7 nitrogen and oxygen atoms in total. The Morgan fingerprint density at radius 1 is 1.06 bits per heavy atom. The molecule has 1 saturated carbocycles. The number of H-pyrrole nitrogens is 1. The Bertz CT molecular complexity index is 1400. The van der Waals surface area contributed by atoms with Gasteiger partial charge in [0.1, 0.15) is 6.04 Å². The van der Waals surface area contributed by atoms with Crippen LogP contribution < -0.4 is 10.5 Å². The minimum atomic E-state index is -0.350. The third-order valence-electron chi connectivity index (χ3n) is 7.44. The number of aryl methyl sites for hydroxylation is 2. The van der Waals surface area contributed by atoms with Gasteiger partial charge in [-0.3, -0.25) is 4.79 Å². The maximum absolute atomic E-state index is 13.6. The van der Waals surface area contributed by atoms with E-state index in [0.29, 0.717) is 11.6 Å². The van der Waals surface area contributed by atoms with Crippen LogP contribution in [0.4, 0.5) is 5.69 Å². The predicted octanol–water partition coefficient (Wildman–Crippen LogP) is 4.40. The van der Waals surface area contributed by atoms with Crippen molar-refractivity contribution in [3.63, 3.8) is 0 Å². The van der Waals surface area contributed by atoms with Crippen molar-refractivity contribution in [3.05, 3.63) is 80.9 Å². The summed E-state index contributed by atoms with van der Waals surface area (Å²) < 4.78 is 1.99. The fraction of sp³-hybridized carbons (Fsp3) is 0.385. The van der Waals surface area contributed by atoms with E-state index in [1.807, 2.05) is 11.6 Å². The second kappa shape index (κ2) is 7.83. The van der Waals surface area contributed by atoms with Crippen LogP contribution in [0.5, 0.6) is 0 Å². The fourth-order valence-corrected chi connectivity index (χ4v) is 5.66. The van der Waals surface area contributed by atoms with E-state index in [9.17, 15) is 4.79 Å². The number of rotatable bonds is 4. The van der Waals surface area contributed by atoms with E-state index in [4.69, 9.17) is 0 Å². The number of anilines is 1. The van der Waals surface area contributed by atoms with Crippen LogP contribution in [-0.4, -0.2) is 31.7 Å². The van der Waals surface area contributed by atoms with Crippen LogP contribution in [0, 0.1) is 13.8 Å². The Morgan fingerprint density at radius 3 is 2.70 bits per heavy atom. The highest BCUT2D eigenvalue weighted by Crippen LogP contribution is 2.39. The summed E-state index contributed by atoms with van der Waals surface area (Å²) in [7, 11) is 0. The summed E-state index contributed by atoms with van der Waals surface area (Å²) in [4.78, 5) is 19.1. The molecule has 2 aromatic carbocycles. The predicted molar refractivity (Wildman–Crippen MR) is 129 cm³/mol. The number of benzene rings is 2. The number of nitrogens with one attached hydrogen (secondary N) is 1. The third kappa shape index (κ3) is 3.25. The summed E-state index contributed by atoms with van der Waals surface area (Å²) in [5, 5.41) is 14.1. The van der Waals surface area contributed by atoms with Crippen molar-refractivity contribution >= 4 is 16.6 Å². The number of para-hydroxylation sites is 1. The molecule has 33 heavy (non-hydrogen) atoms. The van der Waals surface area contributed by atoms with Gasteiger partial charge in [-0.1, -0.05) is 43.2 Å². The van der Waals surface area contributed by atoms with Crippen LogP contribution in [0.15, 0.2) is 47.3 Å². The Morgan fingerprint density at radius 2 is 1.85 bits per heavy atom. The quantitative estimate of drug-likeness (QED) is 0.509. The molecule has 2 aromatic heterocycles. The summed E-state index contributed by atoms with van der Waals surface area (Å²) in [6, 6.07) is 14.6. The molecule has 0 spiro atoms. The topological polar surface area (TPSA) is 79.7 Å². The summed E-state index contributed by atoms with van der Waals surface area (Å²) in [5.41, 5.74) is 6.19. The number of aromatic amines is 1. The second-order valence-electron chi connectivity index (χ2n) is 9.44. The van der Waals surface area contributed by atoms with Crippen LogP contribution in [0.2, 0.25) is 0 Å². The third-order valence-corrected chi connectivity index (χ3v) is 7.44. The number of hydrogen-bond donors (Lipinski definition) is 1. The van der Waals surface area contributed by atoms with Gasteiger partial charge in [0, 0.05) is 23.2 Å². The minimum Gasteiger partial charge on any atom is -0.357 e. The highest BCUT2D eigenvalue weighted by Gasteiger charge is 2.36. The van der Waals surface area contributed by atoms with Gasteiger partial charge in [0.2, 0.25) is 0 Å². The van der Waals surface area contributed by atoms with Crippen LogP contribution >= 0.6 is 0 Å². The van der Waals surface area contributed by atoms with Crippen molar-refractivity contribution in [2.45, 2.75) is 58.0 Å². The van der Waals surface area contributed by atoms with Gasteiger partial charge in [0.25, 0.3) is 5.56 Å². The monoisotopic (exact) mass is 440 g/mol. The van der Waals surface area contributed by atoms with Crippen LogP contribution in [0.3, 0.4) is 0 Å². The molecular weight excluding hydrogens is 412 g/mol. The SMILES string of the molecule is Cc1ccc(C)c2[nH]c(=O)c([C@@H](c3nnnn3C3CCCC3)N3CCc4ccccc43)cc12. The molecule has 7 heteroatoms. The van der Waals surface area contributed by atoms with E-state index < -0.39 is 0 Å². The summed E-state index contributed by atoms with van der Waals surface area (Å²) in [5.74, 6) is 0.758. The largest absolute Gasteiger partial charge is 0.357 e. The Hall–Kier alpha value is -3.48. The van der Waals surface area contributed by atoms with E-state index in [-0.39, 0.29) is 11.6 Å². The highest BCUT2D eigenvalue weighted by molar-refractivity contribution is 5.85. The lowest BCUT2D eigenvalue weighted by Gasteiger charge is -2.30. The lowest BCUT2D eigenvalue weighted by Crippen LogP contribution is -2.34. The molecule has 168 valence electrons. The van der Waals surface area contributed by atoms with Gasteiger partial charge >= 0.3 is 0 Å². The van der Waals surface area contributed by atoms with E-state index in [1.165, 1.54) is 18.4 Å². The van der Waals surface area contributed by atoms with Crippen LogP contribution in [0.1, 0.15) is 65.8 Å². The molecule has 0 amide bonds. The van der Waals surface area contributed by atoms with E-state index in [0.717, 1.165) is 59.3 Å². The average molecular weight is 441 g/mol. The molecule has 0 saturated heterocycles. The molecule has 1 aliphatic carbocycles. The lowest BCUT2D eigenvalue weighted by molar-refractivity contribution is 0.428. The molecule has 0 radical (unpaired) electrons. The molecule has 1 aliphatic heterocycles. The molecular formula is C26H28N6O.